The minimum Gasteiger partial charge on any atom is -0.387 e. The normalized spacial score (nSPS) is 31.2. The molecule has 0 amide bonds. The van der Waals surface area contributed by atoms with E-state index in [4.69, 9.17) is 19.4 Å². The molecule has 17 nitrogen and oxygen atoms in total. The van der Waals surface area contributed by atoms with Gasteiger partial charge in [-0.2, -0.15) is 8.62 Å². The molecule has 0 aliphatic carbocycles. The van der Waals surface area contributed by atoms with Gasteiger partial charge in [-0.3, -0.25) is 18.9 Å². The van der Waals surface area contributed by atoms with Gasteiger partial charge in [-0.05, 0) is 6.92 Å². The van der Waals surface area contributed by atoms with Crippen molar-refractivity contribution in [3.05, 3.63) is 33.1 Å². The van der Waals surface area contributed by atoms with Crippen LogP contribution >= 0.6 is 23.5 Å². The second-order valence-electron chi connectivity index (χ2n) is 6.10. The molecule has 6 atom stereocenters. The van der Waals surface area contributed by atoms with E-state index in [1.165, 1.54) is 0 Å². The summed E-state index contributed by atoms with van der Waals surface area (Å²) in [4.78, 5) is 60.3. The molecule has 3 unspecified atom stereocenters. The molecular formula is C10H17N2O15P3. The van der Waals surface area contributed by atoms with Gasteiger partial charge in [-0.15, -0.1) is 0 Å². The quantitative estimate of drug-likeness (QED) is 0.189. The van der Waals surface area contributed by atoms with Gasteiger partial charge >= 0.3 is 29.2 Å². The molecule has 20 heteroatoms. The first-order chi connectivity index (χ1) is 13.4. The lowest BCUT2D eigenvalue weighted by Crippen LogP contribution is -2.46. The molecule has 2 heterocycles. The molecule has 30 heavy (non-hydrogen) atoms. The number of ether oxygens (including phenoxy) is 1. The van der Waals surface area contributed by atoms with E-state index in [0.29, 0.717) is 0 Å². The summed E-state index contributed by atoms with van der Waals surface area (Å²) in [6.45, 7) is -0.0136. The fourth-order valence-corrected chi connectivity index (χ4v) is 5.49. The minimum atomic E-state index is -5.74. The minimum absolute atomic E-state index is 0.718. The number of aliphatic hydroxyl groups is 2. The van der Waals surface area contributed by atoms with Crippen molar-refractivity contribution in [2.24, 2.45) is 0 Å². The molecule has 0 spiro atoms. The smallest absolute Gasteiger partial charge is 0.387 e. The van der Waals surface area contributed by atoms with Crippen molar-refractivity contribution in [1.29, 1.82) is 0 Å². The van der Waals surface area contributed by atoms with Gasteiger partial charge in [0.05, 0.1) is 6.61 Å². The number of nitrogens with one attached hydrogen (secondary N) is 1. The van der Waals surface area contributed by atoms with Crippen LogP contribution in [-0.2, 0) is 31.6 Å². The van der Waals surface area contributed by atoms with Crippen LogP contribution in [0.3, 0.4) is 0 Å². The standard InChI is InChI=1S/C10H17N2O15P3/c1-10(16)7(14)5(25-8(10)12-3-2-6(13)11-9(12)15)4-24-29(20,21)27-30(22,23)26-28(17,18)19/h2-3,5,7-8,14,16H,4H2,1H3,(H,20,21)(H,22,23)(H,11,13,15)(H2,17,18,19)/t5-,7?,8-,10-/m1/s1. The summed E-state index contributed by atoms with van der Waals surface area (Å²) >= 11 is 0. The molecule has 172 valence electrons. The van der Waals surface area contributed by atoms with Crippen LogP contribution < -0.4 is 11.2 Å². The molecule has 1 fully saturated rings. The molecule has 1 saturated heterocycles. The first-order valence-corrected chi connectivity index (χ1v) is 12.1. The Balaban J connectivity index is 2.13. The van der Waals surface area contributed by atoms with Gasteiger partial charge in [-0.25, -0.2) is 18.5 Å². The average Bonchev–Trinajstić information content (AvgIpc) is 2.73. The Morgan fingerprint density at radius 1 is 1.17 bits per heavy atom. The summed E-state index contributed by atoms with van der Waals surface area (Å²) in [6, 6.07) is 0.923. The maximum absolute atomic E-state index is 11.9. The summed E-state index contributed by atoms with van der Waals surface area (Å²) in [5.74, 6) is 0. The van der Waals surface area contributed by atoms with E-state index in [1.54, 1.807) is 0 Å². The highest BCUT2D eigenvalue weighted by Crippen LogP contribution is 2.66. The number of hydrogen-bond acceptors (Lipinski definition) is 11. The Labute approximate surface area is 165 Å². The van der Waals surface area contributed by atoms with E-state index in [-0.39, 0.29) is 0 Å². The summed E-state index contributed by atoms with van der Waals surface area (Å²) in [5.41, 5.74) is -3.93. The summed E-state index contributed by atoms with van der Waals surface area (Å²) in [6.07, 6.45) is -4.08. The largest absolute Gasteiger partial charge is 0.490 e. The number of rotatable bonds is 8. The number of aliphatic hydroxyl groups excluding tert-OH is 1. The lowest BCUT2D eigenvalue weighted by molar-refractivity contribution is -0.0986. The maximum Gasteiger partial charge on any atom is 0.490 e. The second-order valence-corrected chi connectivity index (χ2v) is 10.5. The summed E-state index contributed by atoms with van der Waals surface area (Å²) in [7, 11) is -16.8. The molecule has 0 aromatic carbocycles. The Morgan fingerprint density at radius 3 is 2.30 bits per heavy atom. The highest BCUT2D eigenvalue weighted by molar-refractivity contribution is 7.66. The predicted octanol–water partition coefficient (Wildman–Crippen LogP) is -2.11. The first-order valence-electron chi connectivity index (χ1n) is 7.59. The van der Waals surface area contributed by atoms with Crippen molar-refractivity contribution in [2.75, 3.05) is 6.61 Å². The Morgan fingerprint density at radius 2 is 1.77 bits per heavy atom. The van der Waals surface area contributed by atoms with Gasteiger partial charge in [0.15, 0.2) is 6.23 Å². The Hall–Kier alpha value is -1.03. The van der Waals surface area contributed by atoms with E-state index in [1.807, 2.05) is 4.98 Å². The molecule has 0 bridgehead atoms. The Kier molecular flexibility index (Phi) is 7.14. The molecule has 7 N–H and O–H groups in total. The number of phosphoric acid groups is 3. The lowest BCUT2D eigenvalue weighted by atomic mass is 9.96. The van der Waals surface area contributed by atoms with E-state index in [0.717, 1.165) is 23.8 Å². The van der Waals surface area contributed by atoms with Crippen LogP contribution in [-0.4, -0.2) is 63.8 Å². The predicted molar refractivity (Wildman–Crippen MR) is 91.7 cm³/mol. The third-order valence-electron chi connectivity index (χ3n) is 3.68. The van der Waals surface area contributed by atoms with Crippen molar-refractivity contribution >= 4 is 23.5 Å². The third-order valence-corrected chi connectivity index (χ3v) is 7.48. The van der Waals surface area contributed by atoms with Crippen LogP contribution in [0, 0.1) is 0 Å². The van der Waals surface area contributed by atoms with Crippen LogP contribution in [0.1, 0.15) is 13.2 Å². The molecule has 0 saturated carbocycles. The molecule has 2 rings (SSSR count). The SMILES string of the molecule is C[C@@]1(O)C(O)[C@@H](COP(=O)(O)OP(=O)(O)OP(=O)(O)O)O[C@H]1n1ccc(=O)[nH]c1=O. The average molecular weight is 498 g/mol. The van der Waals surface area contributed by atoms with E-state index >= 15 is 0 Å². The number of nitrogens with zero attached hydrogens (tertiary/aromatic N) is 1. The van der Waals surface area contributed by atoms with Crippen LogP contribution in [0.15, 0.2) is 21.9 Å². The molecule has 0 radical (unpaired) electrons. The third kappa shape index (κ3) is 6.24. The van der Waals surface area contributed by atoms with Crippen LogP contribution in [0.2, 0.25) is 0 Å². The summed E-state index contributed by atoms with van der Waals surface area (Å²) in [5, 5.41) is 20.6. The molecule has 1 aliphatic rings. The lowest BCUT2D eigenvalue weighted by Gasteiger charge is -2.27. The van der Waals surface area contributed by atoms with Gasteiger partial charge in [0.25, 0.3) is 5.56 Å². The van der Waals surface area contributed by atoms with Gasteiger partial charge in [0, 0.05) is 12.3 Å². The van der Waals surface area contributed by atoms with E-state index < -0.39 is 65.4 Å². The zero-order valence-corrected chi connectivity index (χ0v) is 17.4. The molecule has 1 aliphatic heterocycles. The van der Waals surface area contributed by atoms with Crippen LogP contribution in [0.25, 0.3) is 0 Å². The number of H-pyrrole nitrogens is 1. The van der Waals surface area contributed by atoms with Crippen LogP contribution in [0.5, 0.6) is 0 Å². The molecule has 1 aromatic heterocycles. The van der Waals surface area contributed by atoms with Crippen LogP contribution in [0.4, 0.5) is 0 Å². The van der Waals surface area contributed by atoms with Crippen molar-refractivity contribution in [2.45, 2.75) is 31.0 Å². The summed E-state index contributed by atoms with van der Waals surface area (Å²) < 4.78 is 50.9. The van der Waals surface area contributed by atoms with Gasteiger partial charge in [-0.1, -0.05) is 0 Å². The van der Waals surface area contributed by atoms with Gasteiger partial charge in [0.2, 0.25) is 0 Å². The zero-order chi connectivity index (χ0) is 23.1. The fourth-order valence-electron chi connectivity index (χ4n) is 2.46. The number of aromatic amines is 1. The molecular weight excluding hydrogens is 481 g/mol. The van der Waals surface area contributed by atoms with Crippen molar-refractivity contribution < 1.29 is 61.4 Å². The highest BCUT2D eigenvalue weighted by Gasteiger charge is 2.54. The fraction of sp³-hybridized carbons (Fsp3) is 0.600. The topological polar surface area (TPSA) is 264 Å². The monoisotopic (exact) mass is 498 g/mol. The maximum atomic E-state index is 11.9. The van der Waals surface area contributed by atoms with E-state index in [9.17, 15) is 38.4 Å². The zero-order valence-electron chi connectivity index (χ0n) is 14.7. The molecule has 1 aromatic rings. The van der Waals surface area contributed by atoms with Crippen molar-refractivity contribution in [3.8, 4) is 0 Å². The van der Waals surface area contributed by atoms with Crippen molar-refractivity contribution in [3.63, 3.8) is 0 Å². The van der Waals surface area contributed by atoms with Gasteiger partial charge in [0.1, 0.15) is 17.8 Å². The Bertz CT molecular complexity index is 1040. The first kappa shape index (κ1) is 25.2. The highest BCUT2D eigenvalue weighted by atomic mass is 31.3. The second kappa shape index (κ2) is 8.48. The number of phosphoric ester groups is 1. The van der Waals surface area contributed by atoms with Gasteiger partial charge < -0.3 is 34.5 Å². The van der Waals surface area contributed by atoms with E-state index in [2.05, 4.69) is 13.1 Å². The number of hydrogen-bond donors (Lipinski definition) is 7. The van der Waals surface area contributed by atoms with Crippen molar-refractivity contribution in [1.82, 2.24) is 9.55 Å². The number of aromatic nitrogens is 2.